The van der Waals surface area contributed by atoms with Gasteiger partial charge in [-0.25, -0.2) is 4.57 Å². The molecule has 3 unspecified atom stereocenters. The van der Waals surface area contributed by atoms with Crippen LogP contribution in [0.15, 0.2) is 109 Å². The average Bonchev–Trinajstić information content (AvgIpc) is 4.00. The van der Waals surface area contributed by atoms with Gasteiger partial charge in [0.15, 0.2) is 6.10 Å². The molecule has 0 saturated carbocycles. The number of carbonyl (C=O) groups excluding carboxylic acids is 2. The summed E-state index contributed by atoms with van der Waals surface area (Å²) < 4.78 is 38.3. The molecular formula is C48H74NO11P. The molecule has 1 saturated heterocycles. The second-order valence-electron chi connectivity index (χ2n) is 14.5. The molecule has 1 heterocycles. The third-order valence-electron chi connectivity index (χ3n) is 8.92. The number of nitrogens with two attached hydrogens (primary N) is 1. The largest absolute Gasteiger partial charge is 0.480 e. The number of rotatable bonds is 38. The number of epoxide rings is 1. The molecule has 1 aliphatic heterocycles. The second-order valence-corrected chi connectivity index (χ2v) is 15.9. The van der Waals surface area contributed by atoms with Crippen LogP contribution in [0.2, 0.25) is 0 Å². The van der Waals surface area contributed by atoms with Gasteiger partial charge in [-0.2, -0.15) is 0 Å². The Balaban J connectivity index is 2.40. The summed E-state index contributed by atoms with van der Waals surface area (Å²) in [6.45, 7) is 2.49. The van der Waals surface area contributed by atoms with Crippen molar-refractivity contribution in [2.75, 3.05) is 19.8 Å². The van der Waals surface area contributed by atoms with Gasteiger partial charge >= 0.3 is 25.7 Å². The maximum absolute atomic E-state index is 12.6. The second kappa shape index (κ2) is 37.8. The van der Waals surface area contributed by atoms with E-state index >= 15 is 0 Å². The highest BCUT2D eigenvalue weighted by Crippen LogP contribution is 2.43. The summed E-state index contributed by atoms with van der Waals surface area (Å²) >= 11 is 0. The Hall–Kier alpha value is -3.90. The quantitative estimate of drug-likeness (QED) is 0.0176. The normalized spacial score (nSPS) is 18.0. The fraction of sp³-hybridized carbons (Fsp3) is 0.562. The number of phosphoric ester groups is 1. The molecule has 0 aromatic carbocycles. The van der Waals surface area contributed by atoms with Crippen molar-refractivity contribution < 1.29 is 52.2 Å². The molecule has 1 aliphatic rings. The monoisotopic (exact) mass is 871 g/mol. The number of hydrogen-bond donors (Lipinski definition) is 3. The standard InChI is InChI=1S/C48H74NO11P/c1-3-5-7-9-11-13-14-15-16-17-18-19-20-21-22-24-26-28-34-38-47(51)59-42(40-57-61(54,55)58-41-43(49)48(52)53)39-56-46(50)37-33-30-29-32-36-45-44(60-45)35-31-27-25-23-12-10-8-6-4-2/h5,7,11-13,15-16,18-19,21-23,26-29,31-32,42-45H,3-4,6,8-10,14,17,20,24-25,30,33-41,49H2,1-2H3,(H,52,53)(H,54,55)/b7-5-,13-11-,16-15-,19-18-,22-21-,23-12-,28-26-,31-27-,32-29-/t42-,43+,44?,45?/m1/s1. The first kappa shape index (κ1) is 55.1. The van der Waals surface area contributed by atoms with Crippen molar-refractivity contribution in [2.24, 2.45) is 5.73 Å². The van der Waals surface area contributed by atoms with Gasteiger partial charge in [0.25, 0.3) is 0 Å². The number of aliphatic carboxylic acids is 1. The van der Waals surface area contributed by atoms with Crippen LogP contribution < -0.4 is 5.73 Å². The Morgan fingerprint density at radius 2 is 1.08 bits per heavy atom. The molecule has 0 aliphatic carbocycles. The third-order valence-corrected chi connectivity index (χ3v) is 9.87. The Morgan fingerprint density at radius 3 is 1.64 bits per heavy atom. The molecule has 4 N–H and O–H groups in total. The van der Waals surface area contributed by atoms with Crippen molar-refractivity contribution in [2.45, 2.75) is 154 Å². The number of carboxylic acid groups (broad SMARTS) is 1. The van der Waals surface area contributed by atoms with Gasteiger partial charge in [-0.3, -0.25) is 23.4 Å². The van der Waals surface area contributed by atoms with E-state index in [-0.39, 0.29) is 25.0 Å². The van der Waals surface area contributed by atoms with E-state index in [1.165, 1.54) is 19.3 Å². The zero-order valence-electron chi connectivity index (χ0n) is 36.6. The van der Waals surface area contributed by atoms with Crippen LogP contribution in [-0.2, 0) is 42.2 Å². The zero-order chi connectivity index (χ0) is 44.7. The summed E-state index contributed by atoms with van der Waals surface area (Å²) in [7, 11) is -4.76. The van der Waals surface area contributed by atoms with Gasteiger partial charge in [0, 0.05) is 12.8 Å². The van der Waals surface area contributed by atoms with Crippen molar-refractivity contribution in [1.82, 2.24) is 0 Å². The minimum atomic E-state index is -4.76. The van der Waals surface area contributed by atoms with Crippen molar-refractivity contribution in [1.29, 1.82) is 0 Å². The first-order valence-electron chi connectivity index (χ1n) is 22.0. The smallest absolute Gasteiger partial charge is 0.472 e. The lowest BCUT2D eigenvalue weighted by molar-refractivity contribution is -0.161. The molecule has 0 spiro atoms. The number of carboxylic acids is 1. The van der Waals surface area contributed by atoms with E-state index in [1.54, 1.807) is 0 Å². The molecule has 0 aromatic heterocycles. The molecule has 1 rings (SSSR count). The highest BCUT2D eigenvalue weighted by Gasteiger charge is 2.36. The lowest BCUT2D eigenvalue weighted by atomic mass is 10.1. The van der Waals surface area contributed by atoms with Crippen molar-refractivity contribution in [3.63, 3.8) is 0 Å². The number of hydrogen-bond acceptors (Lipinski definition) is 10. The first-order chi connectivity index (χ1) is 29.6. The Kier molecular flexibility index (Phi) is 34.2. The van der Waals surface area contributed by atoms with Crippen molar-refractivity contribution in [3.8, 4) is 0 Å². The molecule has 0 aromatic rings. The van der Waals surface area contributed by atoms with Crippen molar-refractivity contribution in [3.05, 3.63) is 109 Å². The maximum Gasteiger partial charge on any atom is 0.472 e. The van der Waals surface area contributed by atoms with E-state index in [4.69, 9.17) is 29.6 Å². The minimum absolute atomic E-state index is 0.0138. The topological polar surface area (TPSA) is 184 Å². The fourth-order valence-electron chi connectivity index (χ4n) is 5.36. The molecule has 0 bridgehead atoms. The minimum Gasteiger partial charge on any atom is -0.480 e. The summed E-state index contributed by atoms with van der Waals surface area (Å²) in [4.78, 5) is 46.0. The van der Waals surface area contributed by atoms with E-state index in [9.17, 15) is 23.8 Å². The molecule has 1 fully saturated rings. The summed E-state index contributed by atoms with van der Waals surface area (Å²) in [5.41, 5.74) is 5.33. The number of carbonyl (C=O) groups is 3. The van der Waals surface area contributed by atoms with Crippen LogP contribution in [0.4, 0.5) is 0 Å². The van der Waals surface area contributed by atoms with E-state index in [0.717, 1.165) is 57.8 Å². The van der Waals surface area contributed by atoms with E-state index in [2.05, 4.69) is 103 Å². The Bertz CT molecular complexity index is 1510. The number of esters is 2. The summed E-state index contributed by atoms with van der Waals surface area (Å²) in [6.07, 6.45) is 52.0. The Morgan fingerprint density at radius 1 is 0.607 bits per heavy atom. The molecule has 0 amide bonds. The summed E-state index contributed by atoms with van der Waals surface area (Å²) in [5.74, 6) is -2.59. The highest BCUT2D eigenvalue weighted by molar-refractivity contribution is 7.47. The van der Waals surface area contributed by atoms with Crippen LogP contribution in [0, 0.1) is 0 Å². The molecular weight excluding hydrogens is 797 g/mol. The Labute approximate surface area is 365 Å². The maximum atomic E-state index is 12.6. The number of unbranched alkanes of at least 4 members (excludes halogenated alkanes) is 4. The highest BCUT2D eigenvalue weighted by atomic mass is 31.2. The van der Waals surface area contributed by atoms with Crippen LogP contribution in [0.3, 0.4) is 0 Å². The molecule has 0 radical (unpaired) electrons. The van der Waals surface area contributed by atoms with Gasteiger partial charge in [-0.1, -0.05) is 136 Å². The third kappa shape index (κ3) is 35.4. The predicted molar refractivity (Wildman–Crippen MR) is 244 cm³/mol. The van der Waals surface area contributed by atoms with Gasteiger partial charge < -0.3 is 29.9 Å². The van der Waals surface area contributed by atoms with Crippen molar-refractivity contribution >= 4 is 25.7 Å². The number of ether oxygens (including phenoxy) is 3. The summed E-state index contributed by atoms with van der Waals surface area (Å²) in [6, 6.07) is -1.55. The SMILES string of the molecule is CC/C=C\C/C=C\C/C=C\C/C=C\C/C=C\C/C=C\CCC(=O)O[C@H](COC(=O)CCC/C=C\CC1OC1C/C=C\C/C=C\CCCCC)COP(=O)(O)OC[C@H](N)C(=O)O. The van der Waals surface area contributed by atoms with Crippen LogP contribution >= 0.6 is 7.82 Å². The molecule has 61 heavy (non-hydrogen) atoms. The molecule has 13 heteroatoms. The van der Waals surface area contributed by atoms with Crippen LogP contribution in [0.1, 0.15) is 129 Å². The van der Waals surface area contributed by atoms with Gasteiger partial charge in [0.1, 0.15) is 12.6 Å². The predicted octanol–water partition coefficient (Wildman–Crippen LogP) is 10.8. The summed E-state index contributed by atoms with van der Waals surface area (Å²) in [5, 5.41) is 8.90. The van der Waals surface area contributed by atoms with Crippen LogP contribution in [0.25, 0.3) is 0 Å². The van der Waals surface area contributed by atoms with E-state index in [0.29, 0.717) is 25.7 Å². The zero-order valence-corrected chi connectivity index (χ0v) is 37.5. The van der Waals surface area contributed by atoms with Gasteiger partial charge in [0.05, 0.1) is 25.4 Å². The lowest BCUT2D eigenvalue weighted by Crippen LogP contribution is -2.34. The lowest BCUT2D eigenvalue weighted by Gasteiger charge is -2.20. The van der Waals surface area contributed by atoms with E-state index < -0.39 is 57.7 Å². The first-order valence-corrected chi connectivity index (χ1v) is 23.5. The average molecular weight is 872 g/mol. The molecule has 12 nitrogen and oxygen atoms in total. The van der Waals surface area contributed by atoms with Gasteiger partial charge in [-0.15, -0.1) is 0 Å². The van der Waals surface area contributed by atoms with Gasteiger partial charge in [-0.05, 0) is 89.9 Å². The van der Waals surface area contributed by atoms with Crippen LogP contribution in [-0.4, -0.2) is 72.1 Å². The fourth-order valence-corrected chi connectivity index (χ4v) is 6.14. The molecule has 342 valence electrons. The van der Waals surface area contributed by atoms with Crippen LogP contribution in [0.5, 0.6) is 0 Å². The number of allylic oxidation sites excluding steroid dienone is 16. The molecule has 5 atom stereocenters. The van der Waals surface area contributed by atoms with Gasteiger partial charge in [0.2, 0.25) is 0 Å². The number of phosphoric acid groups is 1. The van der Waals surface area contributed by atoms with E-state index in [1.807, 2.05) is 24.3 Å².